The largest absolute Gasteiger partial charge is 0.456 e. The Hall–Kier alpha value is -3.17. The molecule has 3 aromatic rings. The van der Waals surface area contributed by atoms with Gasteiger partial charge in [0.2, 0.25) is 0 Å². The number of benzene rings is 1. The molecule has 34 heavy (non-hydrogen) atoms. The monoisotopic (exact) mass is 487 g/mol. The number of aliphatic hydroxyl groups excluding tert-OH is 1. The number of aliphatic hydroxyl groups is 1. The highest BCUT2D eigenvalue weighted by Gasteiger charge is 2.23. The van der Waals surface area contributed by atoms with E-state index >= 15 is 0 Å². The molecule has 3 rings (SSSR count). The number of aryl methyl sites for hydroxylation is 1. The first-order chi connectivity index (χ1) is 16.3. The first-order valence-corrected chi connectivity index (χ1v) is 11.5. The van der Waals surface area contributed by atoms with E-state index in [0.717, 1.165) is 15.7 Å². The molecule has 0 amide bonds. The van der Waals surface area contributed by atoms with Crippen molar-refractivity contribution < 1.29 is 9.84 Å². The minimum atomic E-state index is -0.474. The summed E-state index contributed by atoms with van der Waals surface area (Å²) in [4.78, 5) is 35.3. The van der Waals surface area contributed by atoms with Crippen molar-refractivity contribution in [3.05, 3.63) is 67.8 Å². The second kappa shape index (κ2) is 11.3. The van der Waals surface area contributed by atoms with Gasteiger partial charge in [0.1, 0.15) is 6.10 Å². The fourth-order valence-electron chi connectivity index (χ4n) is 3.54. The lowest BCUT2D eigenvalue weighted by atomic mass is 10.2. The maximum Gasteiger partial charge on any atom is 0.332 e. The van der Waals surface area contributed by atoms with E-state index in [1.165, 1.54) is 4.57 Å². The van der Waals surface area contributed by atoms with E-state index < -0.39 is 17.4 Å². The highest BCUT2D eigenvalue weighted by Crippen LogP contribution is 2.22. The molecule has 182 valence electrons. The third-order valence-electron chi connectivity index (χ3n) is 5.16. The maximum atomic E-state index is 13.4. The van der Waals surface area contributed by atoms with Crippen LogP contribution in [0.5, 0.6) is 6.01 Å². The Labute approximate surface area is 202 Å². The number of ether oxygens (including phenoxy) is 1. The normalized spacial score (nSPS) is 12.5. The summed E-state index contributed by atoms with van der Waals surface area (Å²) in [6.07, 6.45) is 1.51. The van der Waals surface area contributed by atoms with Crippen LogP contribution in [0.25, 0.3) is 11.2 Å². The molecular formula is C24H30ClN5O4. The van der Waals surface area contributed by atoms with Gasteiger partial charge < -0.3 is 9.84 Å². The number of aliphatic imine (C=N–C) groups is 1. The number of imidazole rings is 1. The fraction of sp³-hybridized carbons (Fsp3) is 0.417. The van der Waals surface area contributed by atoms with E-state index in [0.29, 0.717) is 18.1 Å². The summed E-state index contributed by atoms with van der Waals surface area (Å²) in [5, 5.41) is 9.84. The van der Waals surface area contributed by atoms with Crippen LogP contribution in [0.1, 0.15) is 32.8 Å². The molecule has 0 saturated carbocycles. The molecule has 0 saturated heterocycles. The molecular weight excluding hydrogens is 458 g/mol. The van der Waals surface area contributed by atoms with Crippen molar-refractivity contribution in [1.29, 1.82) is 0 Å². The number of nitrogens with zero attached hydrogens (tertiary/aromatic N) is 5. The molecule has 1 atom stereocenters. The van der Waals surface area contributed by atoms with Gasteiger partial charge in [0.05, 0.1) is 13.1 Å². The smallest absolute Gasteiger partial charge is 0.332 e. The first kappa shape index (κ1) is 25.5. The maximum absolute atomic E-state index is 13.4. The summed E-state index contributed by atoms with van der Waals surface area (Å²) in [5.41, 5.74) is 1.38. The molecule has 0 aliphatic heterocycles. The van der Waals surface area contributed by atoms with Gasteiger partial charge >= 0.3 is 5.69 Å². The van der Waals surface area contributed by atoms with E-state index in [2.05, 4.69) is 16.6 Å². The molecule has 2 aromatic heterocycles. The number of hydrogen-bond donors (Lipinski definition) is 1. The minimum Gasteiger partial charge on any atom is -0.456 e. The summed E-state index contributed by atoms with van der Waals surface area (Å²) in [6.45, 7) is 10.4. The second-order valence-electron chi connectivity index (χ2n) is 8.11. The Balaban J connectivity index is 2.18. The topological polar surface area (TPSA) is 104 Å². The molecule has 1 N–H and O–H groups in total. The van der Waals surface area contributed by atoms with Gasteiger partial charge in [-0.25, -0.2) is 4.79 Å². The summed E-state index contributed by atoms with van der Waals surface area (Å²) < 4.78 is 10.3. The van der Waals surface area contributed by atoms with Gasteiger partial charge in [-0.1, -0.05) is 35.9 Å². The molecule has 1 aromatic carbocycles. The fourth-order valence-corrected chi connectivity index (χ4v) is 3.67. The van der Waals surface area contributed by atoms with Gasteiger partial charge in [0.25, 0.3) is 11.6 Å². The molecule has 10 heteroatoms. The molecule has 9 nitrogen and oxygen atoms in total. The van der Waals surface area contributed by atoms with Crippen LogP contribution in [0, 0.1) is 0 Å². The lowest BCUT2D eigenvalue weighted by Gasteiger charge is -2.13. The predicted octanol–water partition coefficient (Wildman–Crippen LogP) is 2.88. The van der Waals surface area contributed by atoms with Gasteiger partial charge in [-0.05, 0) is 44.9 Å². The Morgan fingerprint density at radius 2 is 1.97 bits per heavy atom. The lowest BCUT2D eigenvalue weighted by molar-refractivity contribution is 0.258. The number of halogens is 1. The van der Waals surface area contributed by atoms with Crippen molar-refractivity contribution in [3.63, 3.8) is 0 Å². The number of hydrogen-bond acceptors (Lipinski definition) is 6. The molecule has 0 aliphatic carbocycles. The molecule has 1 unspecified atom stereocenters. The Morgan fingerprint density at radius 3 is 2.59 bits per heavy atom. The number of rotatable bonds is 11. The van der Waals surface area contributed by atoms with Gasteiger partial charge in [0.15, 0.2) is 11.2 Å². The van der Waals surface area contributed by atoms with E-state index in [1.807, 2.05) is 32.9 Å². The van der Waals surface area contributed by atoms with Crippen LogP contribution in [0.3, 0.4) is 0 Å². The summed E-state index contributed by atoms with van der Waals surface area (Å²) in [7, 11) is 0. The molecule has 0 aliphatic rings. The highest BCUT2D eigenvalue weighted by atomic mass is 35.5. The van der Waals surface area contributed by atoms with Crippen LogP contribution in [0.2, 0.25) is 5.02 Å². The standard InChI is InChI=1S/C24H30ClN5O4/c1-5-28-21-20(22(32)29(24(28)33)11-6-12-31)30(15-18-7-9-19(25)10-8-18)23(27-21)34-17(4)14-26-13-16(2)3/h7-10,14,17,31H,2,5-6,11-13,15H2,1,3-4H3. The number of fused-ring (bicyclic) bond motifs is 1. The van der Waals surface area contributed by atoms with Crippen LogP contribution in [-0.2, 0) is 19.6 Å². The van der Waals surface area contributed by atoms with Crippen LogP contribution < -0.4 is 16.0 Å². The van der Waals surface area contributed by atoms with E-state index in [4.69, 9.17) is 16.3 Å². The van der Waals surface area contributed by atoms with Gasteiger partial charge in [0, 0.05) is 30.9 Å². The average Bonchev–Trinajstić information content (AvgIpc) is 3.12. The molecule has 0 radical (unpaired) electrons. The Morgan fingerprint density at radius 1 is 1.26 bits per heavy atom. The minimum absolute atomic E-state index is 0.108. The molecule has 0 spiro atoms. The zero-order valence-corrected chi connectivity index (χ0v) is 20.5. The molecule has 2 heterocycles. The lowest BCUT2D eigenvalue weighted by Crippen LogP contribution is -2.40. The van der Waals surface area contributed by atoms with Crippen LogP contribution in [0.4, 0.5) is 0 Å². The summed E-state index contributed by atoms with van der Waals surface area (Å²) >= 11 is 6.03. The van der Waals surface area contributed by atoms with Crippen molar-refractivity contribution in [2.45, 2.75) is 52.9 Å². The third kappa shape index (κ3) is 5.66. The second-order valence-corrected chi connectivity index (χ2v) is 8.55. The Kier molecular flexibility index (Phi) is 8.46. The van der Waals surface area contributed by atoms with E-state index in [-0.39, 0.29) is 43.3 Å². The van der Waals surface area contributed by atoms with Gasteiger partial charge in [-0.15, -0.1) is 0 Å². The molecule has 0 fully saturated rings. The summed E-state index contributed by atoms with van der Waals surface area (Å²) in [5.74, 6) is 0. The third-order valence-corrected chi connectivity index (χ3v) is 5.41. The zero-order chi connectivity index (χ0) is 24.8. The first-order valence-electron chi connectivity index (χ1n) is 11.2. The predicted molar refractivity (Wildman–Crippen MR) is 134 cm³/mol. The van der Waals surface area contributed by atoms with Crippen molar-refractivity contribution >= 4 is 29.0 Å². The summed E-state index contributed by atoms with van der Waals surface area (Å²) in [6, 6.07) is 7.46. The van der Waals surface area contributed by atoms with Gasteiger partial charge in [-0.2, -0.15) is 4.98 Å². The van der Waals surface area contributed by atoms with E-state index in [9.17, 15) is 14.7 Å². The number of aromatic nitrogens is 4. The van der Waals surface area contributed by atoms with Crippen molar-refractivity contribution in [2.75, 3.05) is 13.2 Å². The van der Waals surface area contributed by atoms with Crippen LogP contribution in [0.15, 0.2) is 51.0 Å². The molecule has 0 bridgehead atoms. The van der Waals surface area contributed by atoms with Gasteiger partial charge in [-0.3, -0.25) is 23.5 Å². The quantitative estimate of drug-likeness (QED) is 0.331. The van der Waals surface area contributed by atoms with Crippen LogP contribution in [-0.4, -0.2) is 49.3 Å². The highest BCUT2D eigenvalue weighted by molar-refractivity contribution is 6.30. The van der Waals surface area contributed by atoms with Crippen LogP contribution >= 0.6 is 11.6 Å². The Bertz CT molecular complexity index is 1300. The van der Waals surface area contributed by atoms with Crippen molar-refractivity contribution in [1.82, 2.24) is 18.7 Å². The van der Waals surface area contributed by atoms with E-state index in [1.54, 1.807) is 22.9 Å². The zero-order valence-electron chi connectivity index (χ0n) is 19.7. The van der Waals surface area contributed by atoms with Crippen molar-refractivity contribution in [2.24, 2.45) is 4.99 Å². The average molecular weight is 488 g/mol. The SMILES string of the molecule is C=C(C)CN=CC(C)Oc1nc2c(c(=O)n(CCCO)c(=O)n2CC)n1Cc1ccc(Cl)cc1. The van der Waals surface area contributed by atoms with Crippen molar-refractivity contribution in [3.8, 4) is 6.01 Å².